The highest BCUT2D eigenvalue weighted by Gasteiger charge is 2.21. The van der Waals surface area contributed by atoms with E-state index in [-0.39, 0.29) is 17.7 Å². The molecule has 0 aliphatic rings. The van der Waals surface area contributed by atoms with Crippen LogP contribution in [0.5, 0.6) is 5.75 Å². The minimum absolute atomic E-state index is 0.0212. The molecular formula is C15H24N2O2. The van der Waals surface area contributed by atoms with E-state index in [2.05, 4.69) is 13.8 Å². The number of carbonyl (C=O) groups is 1. The van der Waals surface area contributed by atoms with Crippen LogP contribution in [0.3, 0.4) is 0 Å². The second-order valence-electron chi connectivity index (χ2n) is 5.11. The van der Waals surface area contributed by atoms with Crippen LogP contribution in [0.15, 0.2) is 24.3 Å². The standard InChI is InChI=1S/C15H24N2O2/c1-11(5-4-10-16)12(2)17(3)15(19)13-6-8-14(18)9-7-13/h6-9,11-12,18H,4-5,10,16H2,1-3H3/t11-,12-/m1/s1. The molecular weight excluding hydrogens is 240 g/mol. The fraction of sp³-hybridized carbons (Fsp3) is 0.533. The molecule has 0 spiro atoms. The Bertz CT molecular complexity index is 403. The Morgan fingerprint density at radius 1 is 1.32 bits per heavy atom. The van der Waals surface area contributed by atoms with E-state index >= 15 is 0 Å². The third-order valence-electron chi connectivity index (χ3n) is 3.73. The molecule has 4 nitrogen and oxygen atoms in total. The SMILES string of the molecule is C[C@H](CCCN)[C@@H](C)N(C)C(=O)c1ccc(O)cc1. The fourth-order valence-electron chi connectivity index (χ4n) is 2.06. The van der Waals surface area contributed by atoms with Crippen LogP contribution in [0, 0.1) is 5.92 Å². The number of amides is 1. The Morgan fingerprint density at radius 3 is 2.42 bits per heavy atom. The summed E-state index contributed by atoms with van der Waals surface area (Å²) in [5, 5.41) is 9.23. The lowest BCUT2D eigenvalue weighted by Gasteiger charge is -2.30. The minimum atomic E-state index is -0.0212. The molecule has 4 heteroatoms. The van der Waals surface area contributed by atoms with E-state index in [9.17, 15) is 9.90 Å². The van der Waals surface area contributed by atoms with Crippen molar-refractivity contribution in [3.05, 3.63) is 29.8 Å². The fourth-order valence-corrected chi connectivity index (χ4v) is 2.06. The maximum absolute atomic E-state index is 12.3. The lowest BCUT2D eigenvalue weighted by atomic mass is 9.96. The number of nitrogens with two attached hydrogens (primary N) is 1. The maximum Gasteiger partial charge on any atom is 0.253 e. The van der Waals surface area contributed by atoms with Crippen molar-refractivity contribution in [2.45, 2.75) is 32.7 Å². The number of carbonyl (C=O) groups excluding carboxylic acids is 1. The van der Waals surface area contributed by atoms with Gasteiger partial charge >= 0.3 is 0 Å². The molecule has 0 unspecified atom stereocenters. The summed E-state index contributed by atoms with van der Waals surface area (Å²) in [5.74, 6) is 0.560. The number of benzene rings is 1. The van der Waals surface area contributed by atoms with Gasteiger partial charge in [-0.2, -0.15) is 0 Å². The Labute approximate surface area is 115 Å². The molecule has 19 heavy (non-hydrogen) atoms. The Kier molecular flexibility index (Phi) is 5.83. The first-order valence-corrected chi connectivity index (χ1v) is 6.73. The van der Waals surface area contributed by atoms with Crippen LogP contribution in [-0.2, 0) is 0 Å². The van der Waals surface area contributed by atoms with Gasteiger partial charge in [-0.05, 0) is 56.5 Å². The van der Waals surface area contributed by atoms with Gasteiger partial charge in [0.1, 0.15) is 5.75 Å². The Hall–Kier alpha value is -1.55. The van der Waals surface area contributed by atoms with Crippen LogP contribution in [0.4, 0.5) is 0 Å². The molecule has 2 atom stereocenters. The summed E-state index contributed by atoms with van der Waals surface area (Å²) in [4.78, 5) is 14.1. The van der Waals surface area contributed by atoms with E-state index in [1.165, 1.54) is 12.1 Å². The monoisotopic (exact) mass is 264 g/mol. The molecule has 106 valence electrons. The zero-order chi connectivity index (χ0) is 14.4. The molecule has 0 aliphatic heterocycles. The van der Waals surface area contributed by atoms with Crippen molar-refractivity contribution in [1.29, 1.82) is 0 Å². The van der Waals surface area contributed by atoms with Gasteiger partial charge in [0, 0.05) is 18.7 Å². The minimum Gasteiger partial charge on any atom is -0.508 e. The van der Waals surface area contributed by atoms with Gasteiger partial charge in [-0.25, -0.2) is 0 Å². The topological polar surface area (TPSA) is 66.6 Å². The van der Waals surface area contributed by atoms with E-state index in [0.717, 1.165) is 12.8 Å². The van der Waals surface area contributed by atoms with E-state index < -0.39 is 0 Å². The smallest absolute Gasteiger partial charge is 0.253 e. The zero-order valence-corrected chi connectivity index (χ0v) is 12.0. The average molecular weight is 264 g/mol. The number of phenolic OH excluding ortho intramolecular Hbond substituents is 1. The average Bonchev–Trinajstić information content (AvgIpc) is 2.43. The third kappa shape index (κ3) is 4.24. The summed E-state index contributed by atoms with van der Waals surface area (Å²) in [5.41, 5.74) is 6.11. The van der Waals surface area contributed by atoms with Crippen LogP contribution < -0.4 is 5.73 Å². The van der Waals surface area contributed by atoms with E-state index in [4.69, 9.17) is 5.73 Å². The highest BCUT2D eigenvalue weighted by Crippen LogP contribution is 2.18. The molecule has 3 N–H and O–H groups in total. The van der Waals surface area contributed by atoms with E-state index in [1.54, 1.807) is 17.0 Å². The van der Waals surface area contributed by atoms with Gasteiger partial charge in [0.05, 0.1) is 0 Å². The second-order valence-corrected chi connectivity index (χ2v) is 5.11. The molecule has 0 heterocycles. The lowest BCUT2D eigenvalue weighted by Crippen LogP contribution is -2.39. The highest BCUT2D eigenvalue weighted by molar-refractivity contribution is 5.94. The first-order chi connectivity index (χ1) is 8.97. The highest BCUT2D eigenvalue weighted by atomic mass is 16.3. The normalized spacial score (nSPS) is 13.9. The molecule has 0 aromatic heterocycles. The molecule has 0 aliphatic carbocycles. The summed E-state index contributed by atoms with van der Waals surface area (Å²) >= 11 is 0. The maximum atomic E-state index is 12.3. The van der Waals surface area contributed by atoms with Crippen LogP contribution in [0.25, 0.3) is 0 Å². The predicted molar refractivity (Wildman–Crippen MR) is 77.1 cm³/mol. The summed E-state index contributed by atoms with van der Waals surface area (Å²) in [6.45, 7) is 4.88. The third-order valence-corrected chi connectivity index (χ3v) is 3.73. The number of nitrogens with zero attached hydrogens (tertiary/aromatic N) is 1. The van der Waals surface area contributed by atoms with Crippen molar-refractivity contribution in [2.75, 3.05) is 13.6 Å². The van der Waals surface area contributed by atoms with Crippen LogP contribution >= 0.6 is 0 Å². The summed E-state index contributed by atoms with van der Waals surface area (Å²) in [6.07, 6.45) is 2.00. The van der Waals surface area contributed by atoms with Crippen molar-refractivity contribution >= 4 is 5.91 Å². The Morgan fingerprint density at radius 2 is 1.89 bits per heavy atom. The zero-order valence-electron chi connectivity index (χ0n) is 12.0. The van der Waals surface area contributed by atoms with Gasteiger partial charge in [0.2, 0.25) is 0 Å². The number of hydrogen-bond donors (Lipinski definition) is 2. The molecule has 0 bridgehead atoms. The van der Waals surface area contributed by atoms with Gasteiger partial charge in [0.15, 0.2) is 0 Å². The van der Waals surface area contributed by atoms with Crippen molar-refractivity contribution in [2.24, 2.45) is 11.7 Å². The molecule has 1 rings (SSSR count). The molecule has 1 aromatic rings. The van der Waals surface area contributed by atoms with Crippen molar-refractivity contribution in [3.8, 4) is 5.75 Å². The van der Waals surface area contributed by atoms with E-state index in [0.29, 0.717) is 18.0 Å². The molecule has 0 saturated heterocycles. The van der Waals surface area contributed by atoms with Crippen LogP contribution in [0.1, 0.15) is 37.0 Å². The number of hydrogen-bond acceptors (Lipinski definition) is 3. The van der Waals surface area contributed by atoms with Crippen LogP contribution in [0.2, 0.25) is 0 Å². The van der Waals surface area contributed by atoms with Crippen LogP contribution in [-0.4, -0.2) is 35.5 Å². The van der Waals surface area contributed by atoms with Gasteiger partial charge in [-0.1, -0.05) is 6.92 Å². The molecule has 0 saturated carbocycles. The van der Waals surface area contributed by atoms with Gasteiger partial charge < -0.3 is 15.7 Å². The van der Waals surface area contributed by atoms with Gasteiger partial charge in [0.25, 0.3) is 5.91 Å². The van der Waals surface area contributed by atoms with Crippen molar-refractivity contribution in [1.82, 2.24) is 4.90 Å². The molecule has 0 radical (unpaired) electrons. The molecule has 1 amide bonds. The quantitative estimate of drug-likeness (QED) is 0.828. The number of phenols is 1. The second kappa shape index (κ2) is 7.14. The largest absolute Gasteiger partial charge is 0.508 e. The van der Waals surface area contributed by atoms with Crippen molar-refractivity contribution < 1.29 is 9.90 Å². The Balaban J connectivity index is 2.68. The van der Waals surface area contributed by atoms with Crippen molar-refractivity contribution in [3.63, 3.8) is 0 Å². The first-order valence-electron chi connectivity index (χ1n) is 6.73. The number of rotatable bonds is 6. The summed E-state index contributed by atoms with van der Waals surface area (Å²) in [6, 6.07) is 6.51. The first kappa shape index (κ1) is 15.5. The number of aromatic hydroxyl groups is 1. The molecule has 0 fully saturated rings. The van der Waals surface area contributed by atoms with E-state index in [1.807, 2.05) is 7.05 Å². The van der Waals surface area contributed by atoms with Gasteiger partial charge in [-0.15, -0.1) is 0 Å². The lowest BCUT2D eigenvalue weighted by molar-refractivity contribution is 0.0694. The summed E-state index contributed by atoms with van der Waals surface area (Å²) < 4.78 is 0. The van der Waals surface area contributed by atoms with Gasteiger partial charge in [-0.3, -0.25) is 4.79 Å². The summed E-state index contributed by atoms with van der Waals surface area (Å²) in [7, 11) is 1.82. The predicted octanol–water partition coefficient (Wildman–Crippen LogP) is 2.23. The molecule has 1 aromatic carbocycles.